The first-order chi connectivity index (χ1) is 8.61. The van der Waals surface area contributed by atoms with Gasteiger partial charge in [0.25, 0.3) is 0 Å². The monoisotopic (exact) mass is 384 g/mol. The van der Waals surface area contributed by atoms with Crippen LogP contribution >= 0.6 is 43.2 Å². The Bertz CT molecular complexity index is 601. The molecule has 1 atom stereocenters. The number of halogens is 2. The molecule has 1 aromatic carbocycles. The van der Waals surface area contributed by atoms with Gasteiger partial charge in [0.05, 0.1) is 17.3 Å². The van der Waals surface area contributed by atoms with E-state index in [1.807, 2.05) is 29.6 Å². The lowest BCUT2D eigenvalue weighted by Gasteiger charge is -2.15. The second kappa shape index (κ2) is 5.87. The van der Waals surface area contributed by atoms with Gasteiger partial charge in [0.15, 0.2) is 0 Å². The predicted molar refractivity (Wildman–Crippen MR) is 82.9 cm³/mol. The normalized spacial score (nSPS) is 11.9. The van der Waals surface area contributed by atoms with Crippen LogP contribution in [0.3, 0.4) is 0 Å². The number of nitriles is 1. The minimum Gasteiger partial charge on any atom is -0.377 e. The number of thiophene rings is 1. The Morgan fingerprint density at radius 1 is 1.33 bits per heavy atom. The molecule has 1 aromatic heterocycles. The smallest absolute Gasteiger partial charge is 0.101 e. The second-order valence-electron chi connectivity index (χ2n) is 3.80. The standard InChI is InChI=1S/C13H10Br2N2S/c1-8(13-11(15)4-5-18-13)17-12-3-2-10(14)6-9(12)7-16/h2-6,8,17H,1H3. The van der Waals surface area contributed by atoms with Crippen LogP contribution in [0.4, 0.5) is 5.69 Å². The first-order valence-corrected chi connectivity index (χ1v) is 7.77. The Morgan fingerprint density at radius 2 is 2.11 bits per heavy atom. The summed E-state index contributed by atoms with van der Waals surface area (Å²) in [5.74, 6) is 0. The fraction of sp³-hybridized carbons (Fsp3) is 0.154. The molecule has 0 aliphatic rings. The average molecular weight is 386 g/mol. The third-order valence-electron chi connectivity index (χ3n) is 2.51. The molecule has 1 N–H and O–H groups in total. The Hall–Kier alpha value is -0.830. The summed E-state index contributed by atoms with van der Waals surface area (Å²) in [6, 6.07) is 10.1. The van der Waals surface area contributed by atoms with Gasteiger partial charge >= 0.3 is 0 Å². The van der Waals surface area contributed by atoms with E-state index in [0.29, 0.717) is 5.56 Å². The lowest BCUT2D eigenvalue weighted by molar-refractivity contribution is 0.902. The minimum atomic E-state index is 0.160. The molecular weight excluding hydrogens is 376 g/mol. The maximum Gasteiger partial charge on any atom is 0.101 e. The highest BCUT2D eigenvalue weighted by atomic mass is 79.9. The SMILES string of the molecule is CC(Nc1ccc(Br)cc1C#N)c1sccc1Br. The quantitative estimate of drug-likeness (QED) is 0.776. The van der Waals surface area contributed by atoms with Crippen molar-refractivity contribution >= 4 is 48.9 Å². The molecule has 0 radical (unpaired) electrons. The number of nitrogens with one attached hydrogen (secondary N) is 1. The second-order valence-corrected chi connectivity index (χ2v) is 6.52. The van der Waals surface area contributed by atoms with Crippen molar-refractivity contribution < 1.29 is 0 Å². The van der Waals surface area contributed by atoms with Crippen molar-refractivity contribution in [2.24, 2.45) is 0 Å². The highest BCUT2D eigenvalue weighted by Gasteiger charge is 2.12. The van der Waals surface area contributed by atoms with Crippen LogP contribution in [0.1, 0.15) is 23.4 Å². The lowest BCUT2D eigenvalue weighted by atomic mass is 10.1. The molecule has 0 saturated heterocycles. The topological polar surface area (TPSA) is 35.8 Å². The maximum absolute atomic E-state index is 9.12. The Labute approximate surface area is 127 Å². The highest BCUT2D eigenvalue weighted by molar-refractivity contribution is 9.10. The summed E-state index contributed by atoms with van der Waals surface area (Å²) in [6.45, 7) is 2.08. The van der Waals surface area contributed by atoms with E-state index in [1.54, 1.807) is 11.3 Å². The Kier molecular flexibility index (Phi) is 4.44. The van der Waals surface area contributed by atoms with E-state index < -0.39 is 0 Å². The zero-order chi connectivity index (χ0) is 13.1. The summed E-state index contributed by atoms with van der Waals surface area (Å²) in [5, 5.41) is 14.5. The van der Waals surface area contributed by atoms with Crippen LogP contribution in [-0.4, -0.2) is 0 Å². The van der Waals surface area contributed by atoms with E-state index in [-0.39, 0.29) is 6.04 Å². The molecule has 0 aliphatic carbocycles. The van der Waals surface area contributed by atoms with Crippen LogP contribution in [0.5, 0.6) is 0 Å². The zero-order valence-corrected chi connectivity index (χ0v) is 13.6. The summed E-state index contributed by atoms with van der Waals surface area (Å²) >= 11 is 8.59. The average Bonchev–Trinajstić information content (AvgIpc) is 2.77. The summed E-state index contributed by atoms with van der Waals surface area (Å²) in [5.41, 5.74) is 1.50. The number of hydrogen-bond donors (Lipinski definition) is 1. The minimum absolute atomic E-state index is 0.160. The van der Waals surface area contributed by atoms with E-state index in [1.165, 1.54) is 4.88 Å². The van der Waals surface area contributed by atoms with Crippen molar-refractivity contribution in [1.82, 2.24) is 0 Å². The molecule has 18 heavy (non-hydrogen) atoms. The summed E-state index contributed by atoms with van der Waals surface area (Å²) in [6.07, 6.45) is 0. The molecular formula is C13H10Br2N2S. The van der Waals surface area contributed by atoms with Crippen molar-refractivity contribution in [2.75, 3.05) is 5.32 Å². The van der Waals surface area contributed by atoms with Gasteiger partial charge < -0.3 is 5.32 Å². The van der Waals surface area contributed by atoms with Gasteiger partial charge in [-0.15, -0.1) is 11.3 Å². The van der Waals surface area contributed by atoms with Gasteiger partial charge in [-0.1, -0.05) is 15.9 Å². The molecule has 92 valence electrons. The first-order valence-electron chi connectivity index (χ1n) is 5.31. The van der Waals surface area contributed by atoms with Gasteiger partial charge in [-0.25, -0.2) is 0 Å². The van der Waals surface area contributed by atoms with Gasteiger partial charge in [0.1, 0.15) is 6.07 Å². The summed E-state index contributed by atoms with van der Waals surface area (Å²) in [4.78, 5) is 1.22. The summed E-state index contributed by atoms with van der Waals surface area (Å²) in [7, 11) is 0. The van der Waals surface area contributed by atoms with E-state index in [2.05, 4.69) is 50.2 Å². The van der Waals surface area contributed by atoms with E-state index in [9.17, 15) is 0 Å². The van der Waals surface area contributed by atoms with Crippen molar-refractivity contribution in [1.29, 1.82) is 5.26 Å². The van der Waals surface area contributed by atoms with Gasteiger partial charge in [-0.3, -0.25) is 0 Å². The molecule has 0 bridgehead atoms. The summed E-state index contributed by atoms with van der Waals surface area (Å²) < 4.78 is 2.01. The fourth-order valence-corrected chi connectivity index (χ4v) is 3.73. The van der Waals surface area contributed by atoms with Crippen molar-refractivity contribution in [3.05, 3.63) is 49.0 Å². The third-order valence-corrected chi connectivity index (χ3v) is 5.06. The number of rotatable bonds is 3. The van der Waals surface area contributed by atoms with Crippen LogP contribution in [0.15, 0.2) is 38.6 Å². The predicted octanol–water partition coefficient (Wildman–Crippen LogP) is 5.32. The number of hydrogen-bond acceptors (Lipinski definition) is 3. The van der Waals surface area contributed by atoms with Crippen LogP contribution in [0, 0.1) is 11.3 Å². The first kappa shape index (κ1) is 13.6. The van der Waals surface area contributed by atoms with Crippen molar-refractivity contribution in [3.8, 4) is 6.07 Å². The Morgan fingerprint density at radius 3 is 2.72 bits per heavy atom. The van der Waals surface area contributed by atoms with Gasteiger partial charge in [-0.2, -0.15) is 5.26 Å². The molecule has 0 spiro atoms. The lowest BCUT2D eigenvalue weighted by Crippen LogP contribution is -2.06. The van der Waals surface area contributed by atoms with Gasteiger partial charge in [0, 0.05) is 13.8 Å². The van der Waals surface area contributed by atoms with E-state index >= 15 is 0 Å². The van der Waals surface area contributed by atoms with Crippen LogP contribution < -0.4 is 5.32 Å². The van der Waals surface area contributed by atoms with Crippen LogP contribution in [0.2, 0.25) is 0 Å². The Balaban J connectivity index is 2.25. The largest absolute Gasteiger partial charge is 0.377 e. The number of anilines is 1. The third kappa shape index (κ3) is 2.94. The van der Waals surface area contributed by atoms with Gasteiger partial charge in [-0.05, 0) is 52.5 Å². The molecule has 2 rings (SSSR count). The molecule has 1 heterocycles. The van der Waals surface area contributed by atoms with Gasteiger partial charge in [0.2, 0.25) is 0 Å². The molecule has 0 amide bonds. The number of benzene rings is 1. The fourth-order valence-electron chi connectivity index (χ4n) is 1.65. The zero-order valence-electron chi connectivity index (χ0n) is 9.58. The van der Waals surface area contributed by atoms with Crippen LogP contribution in [-0.2, 0) is 0 Å². The molecule has 2 nitrogen and oxygen atoms in total. The van der Waals surface area contributed by atoms with Crippen LogP contribution in [0.25, 0.3) is 0 Å². The van der Waals surface area contributed by atoms with Crippen molar-refractivity contribution in [2.45, 2.75) is 13.0 Å². The molecule has 2 aromatic rings. The molecule has 0 fully saturated rings. The maximum atomic E-state index is 9.12. The number of nitrogens with zero attached hydrogens (tertiary/aromatic N) is 1. The molecule has 1 unspecified atom stereocenters. The van der Waals surface area contributed by atoms with E-state index in [0.717, 1.165) is 14.6 Å². The molecule has 0 aliphatic heterocycles. The van der Waals surface area contributed by atoms with E-state index in [4.69, 9.17) is 5.26 Å². The molecule has 0 saturated carbocycles. The van der Waals surface area contributed by atoms with Crippen molar-refractivity contribution in [3.63, 3.8) is 0 Å². The highest BCUT2D eigenvalue weighted by Crippen LogP contribution is 2.32. The molecule has 5 heteroatoms.